The second-order valence-corrected chi connectivity index (χ2v) is 20.9. The number of piperidine rings is 1. The molecule has 8 saturated heterocycles. The highest BCUT2D eigenvalue weighted by Gasteiger charge is 2.65. The molecule has 9 aliphatic heterocycles. The lowest BCUT2D eigenvalue weighted by Crippen LogP contribution is -2.65. The van der Waals surface area contributed by atoms with Crippen LogP contribution in [0.5, 0.6) is 0 Å². The van der Waals surface area contributed by atoms with Crippen LogP contribution in [0.1, 0.15) is 119 Å². The topological polar surface area (TPSA) is 184 Å². The molecule has 8 fully saturated rings. The van der Waals surface area contributed by atoms with E-state index in [9.17, 15) is 20.1 Å². The maximum absolute atomic E-state index is 12.4. The quantitative estimate of drug-likeness (QED) is 0.190. The summed E-state index contributed by atoms with van der Waals surface area (Å²) in [7, 11) is 0. The van der Waals surface area contributed by atoms with Crippen LogP contribution in [0.3, 0.4) is 0 Å². The summed E-state index contributed by atoms with van der Waals surface area (Å²) in [5.41, 5.74) is 0.190. The van der Waals surface area contributed by atoms with Gasteiger partial charge in [-0.15, -0.1) is 0 Å². The number of carboxylic acids is 1. The fourth-order valence-electron chi connectivity index (χ4n) is 12.8. The molecule has 3 spiro atoms. The fourth-order valence-corrected chi connectivity index (χ4v) is 12.8. The number of fused-ring (bicyclic) bond motifs is 5. The molecule has 61 heavy (non-hydrogen) atoms. The van der Waals surface area contributed by atoms with E-state index in [-0.39, 0.29) is 42.9 Å². The minimum atomic E-state index is -2.16. The third kappa shape index (κ3) is 7.94. The molecular weight excluding hydrogens is 787 g/mol. The Morgan fingerprint density at radius 3 is 2.46 bits per heavy atom. The number of carboxylic acid groups (broad SMARTS) is 1. The van der Waals surface area contributed by atoms with E-state index in [2.05, 4.69) is 39.6 Å². The Morgan fingerprint density at radius 1 is 0.902 bits per heavy atom. The Labute approximate surface area is 360 Å². The van der Waals surface area contributed by atoms with Crippen molar-refractivity contribution in [3.05, 3.63) is 36.5 Å². The molecule has 9 rings (SSSR count). The standard InChI is InChI=1S/C47H71NO13/c1-25-18-35-41-37(23-45(59-41)28(4)17-26(2)24-48-45)57-44(21-25,56-35)22-27(3)40-30(6)39(51)31(7)47(53,60-40)42(52)36-20-34-33(54-36)19-29(5)46(58-34)16-15-43(61-46)14-10-12-32(55-43)11-8-9-13-38(49)50/h8,10-12,25-26,28-37,39-42,48,51-53H,3,9,13-24H2,1-2,4-7H3,(H,49,50). The average molecular weight is 858 g/mol. The van der Waals surface area contributed by atoms with Gasteiger partial charge in [0.2, 0.25) is 0 Å². The maximum Gasteiger partial charge on any atom is 0.303 e. The lowest BCUT2D eigenvalue weighted by molar-refractivity contribution is -0.371. The van der Waals surface area contributed by atoms with Gasteiger partial charge in [0.15, 0.2) is 23.1 Å². The number of hydrogen-bond acceptors (Lipinski definition) is 13. The number of aliphatic hydroxyl groups excluding tert-OH is 2. The molecule has 9 aliphatic rings. The average Bonchev–Trinajstić information content (AvgIpc) is 3.89. The highest BCUT2D eigenvalue weighted by molar-refractivity contribution is 5.66. The maximum atomic E-state index is 12.4. The molecule has 9 heterocycles. The van der Waals surface area contributed by atoms with Crippen molar-refractivity contribution >= 4 is 5.97 Å². The van der Waals surface area contributed by atoms with E-state index in [0.29, 0.717) is 74.7 Å². The van der Waals surface area contributed by atoms with E-state index in [4.69, 9.17) is 43.0 Å². The van der Waals surface area contributed by atoms with E-state index < -0.39 is 77.2 Å². The van der Waals surface area contributed by atoms with Crippen LogP contribution in [0, 0.1) is 35.5 Å². The minimum Gasteiger partial charge on any atom is -0.481 e. The summed E-state index contributed by atoms with van der Waals surface area (Å²) in [4.78, 5) is 11.0. The Hall–Kier alpha value is -1.79. The van der Waals surface area contributed by atoms with Gasteiger partial charge in [0.1, 0.15) is 17.9 Å². The van der Waals surface area contributed by atoms with Crippen LogP contribution in [0.15, 0.2) is 36.5 Å². The minimum absolute atomic E-state index is 0.0558. The molecule has 5 N–H and O–H groups in total. The summed E-state index contributed by atoms with van der Waals surface area (Å²) in [5.74, 6) is -5.86. The second kappa shape index (κ2) is 16.3. The van der Waals surface area contributed by atoms with Gasteiger partial charge in [-0.3, -0.25) is 10.1 Å². The van der Waals surface area contributed by atoms with E-state index in [0.717, 1.165) is 25.8 Å². The summed E-state index contributed by atoms with van der Waals surface area (Å²) < 4.78 is 53.9. The van der Waals surface area contributed by atoms with E-state index in [1.54, 1.807) is 6.92 Å². The van der Waals surface area contributed by atoms with Gasteiger partial charge in [0, 0.05) is 75.7 Å². The first-order chi connectivity index (χ1) is 28.9. The van der Waals surface area contributed by atoms with Gasteiger partial charge in [-0.25, -0.2) is 0 Å². The highest BCUT2D eigenvalue weighted by atomic mass is 16.8. The zero-order valence-electron chi connectivity index (χ0n) is 36.9. The molecular formula is C47H71NO13. The molecule has 14 heteroatoms. The number of hydrogen-bond donors (Lipinski definition) is 5. The smallest absolute Gasteiger partial charge is 0.303 e. The van der Waals surface area contributed by atoms with Crippen molar-refractivity contribution in [2.24, 2.45) is 35.5 Å². The Morgan fingerprint density at radius 2 is 1.69 bits per heavy atom. The van der Waals surface area contributed by atoms with Crippen LogP contribution in [0.4, 0.5) is 0 Å². The molecule has 21 unspecified atom stereocenters. The van der Waals surface area contributed by atoms with Gasteiger partial charge in [-0.05, 0) is 49.0 Å². The molecule has 0 radical (unpaired) electrons. The monoisotopic (exact) mass is 857 g/mol. The van der Waals surface area contributed by atoms with Gasteiger partial charge in [0.25, 0.3) is 0 Å². The van der Waals surface area contributed by atoms with Crippen molar-refractivity contribution in [1.82, 2.24) is 5.32 Å². The lowest BCUT2D eigenvalue weighted by atomic mass is 9.74. The normalized spacial score (nSPS) is 53.4. The first kappa shape index (κ1) is 44.4. The van der Waals surface area contributed by atoms with Crippen molar-refractivity contribution in [2.45, 2.75) is 209 Å². The third-order valence-electron chi connectivity index (χ3n) is 16.2. The molecule has 0 saturated carbocycles. The van der Waals surface area contributed by atoms with Crippen molar-refractivity contribution < 1.29 is 63.1 Å². The summed E-state index contributed by atoms with van der Waals surface area (Å²) in [6.45, 7) is 17.8. The van der Waals surface area contributed by atoms with Crippen LogP contribution in [0.25, 0.3) is 0 Å². The van der Waals surface area contributed by atoms with Crippen molar-refractivity contribution in [2.75, 3.05) is 6.54 Å². The SMILES string of the molecule is C=C(CC12CC(C)CC(O1)C1OC3(CC1O2)NCC(C)CC3C)C1OC(O)(C(O)C2CC3OC4(CCC5(CC=CC(C=CCCC(=O)O)O5)O4)C(C)CC3O2)C(C)C(O)C1C. The number of ether oxygens (including phenoxy) is 8. The molecule has 0 amide bonds. The highest BCUT2D eigenvalue weighted by Crippen LogP contribution is 2.56. The molecule has 21 atom stereocenters. The summed E-state index contributed by atoms with van der Waals surface area (Å²) >= 11 is 0. The fraction of sp³-hybridized carbons (Fsp3) is 0.851. The van der Waals surface area contributed by atoms with Crippen molar-refractivity contribution in [3.63, 3.8) is 0 Å². The number of rotatable bonds is 9. The first-order valence-electron chi connectivity index (χ1n) is 23.4. The number of nitrogens with one attached hydrogen (secondary N) is 1. The molecule has 14 nitrogen and oxygen atoms in total. The van der Waals surface area contributed by atoms with Crippen LogP contribution in [-0.2, 0) is 42.7 Å². The van der Waals surface area contributed by atoms with Gasteiger partial charge < -0.3 is 58.3 Å². The molecule has 2 bridgehead atoms. The molecule has 0 aliphatic carbocycles. The Kier molecular flexibility index (Phi) is 11.8. The zero-order valence-corrected chi connectivity index (χ0v) is 36.9. The van der Waals surface area contributed by atoms with Crippen LogP contribution in [0.2, 0.25) is 0 Å². The van der Waals surface area contributed by atoms with E-state index >= 15 is 0 Å². The molecule has 342 valence electrons. The summed E-state index contributed by atoms with van der Waals surface area (Å²) in [6.07, 6.45) is 8.90. The van der Waals surface area contributed by atoms with Crippen molar-refractivity contribution in [3.8, 4) is 0 Å². The van der Waals surface area contributed by atoms with Gasteiger partial charge in [0.05, 0.1) is 48.8 Å². The molecule has 0 aromatic heterocycles. The van der Waals surface area contributed by atoms with Crippen molar-refractivity contribution in [1.29, 1.82) is 0 Å². The number of aliphatic carboxylic acids is 1. The van der Waals surface area contributed by atoms with Gasteiger partial charge in [-0.2, -0.15) is 0 Å². The number of allylic oxidation sites excluding steroid dienone is 1. The number of aliphatic hydroxyl groups is 3. The van der Waals surface area contributed by atoms with E-state index in [1.807, 2.05) is 31.2 Å². The number of carbonyl (C=O) groups is 1. The van der Waals surface area contributed by atoms with E-state index in [1.165, 1.54) is 0 Å². The molecule has 0 aromatic rings. The third-order valence-corrected chi connectivity index (χ3v) is 16.2. The largest absolute Gasteiger partial charge is 0.481 e. The van der Waals surface area contributed by atoms with Crippen LogP contribution >= 0.6 is 0 Å². The second-order valence-electron chi connectivity index (χ2n) is 20.9. The first-order valence-corrected chi connectivity index (χ1v) is 23.4. The zero-order chi connectivity index (χ0) is 43.3. The molecule has 0 aromatic carbocycles. The Bertz CT molecular complexity index is 1730. The predicted octanol–water partition coefficient (Wildman–Crippen LogP) is 5.23. The lowest BCUT2D eigenvalue weighted by Gasteiger charge is -2.54. The van der Waals surface area contributed by atoms with Crippen LogP contribution in [-0.4, -0.2) is 123 Å². The Balaban J connectivity index is 0.860. The predicted molar refractivity (Wildman–Crippen MR) is 220 cm³/mol. The summed E-state index contributed by atoms with van der Waals surface area (Å²) in [5, 5.41) is 49.0. The summed E-state index contributed by atoms with van der Waals surface area (Å²) in [6, 6.07) is 0. The van der Waals surface area contributed by atoms with Crippen LogP contribution < -0.4 is 5.32 Å². The van der Waals surface area contributed by atoms with Gasteiger partial charge >= 0.3 is 5.97 Å². The van der Waals surface area contributed by atoms with Gasteiger partial charge in [-0.1, -0.05) is 72.4 Å².